The Bertz CT molecular complexity index is 766. The number of rotatable bonds is 10. The lowest BCUT2D eigenvalue weighted by molar-refractivity contribution is -0.162. The molecule has 1 aromatic carbocycles. The normalized spacial score (nSPS) is 13.5. The highest BCUT2D eigenvalue weighted by molar-refractivity contribution is 5.97. The summed E-state index contributed by atoms with van der Waals surface area (Å²) in [6, 6.07) is 6.53. The minimum absolute atomic E-state index is 0.156. The smallest absolute Gasteiger partial charge is 0.320 e. The number of carbonyl (C=O) groups is 5. The predicted octanol–water partition coefficient (Wildman–Crippen LogP) is -0.698. The standard InChI is InChI=1S/C20H27N3O7/c1-11(15(19(27)29-3)20(28)30-4)16(17(21)25)23-18(26)14(22-12(2)24)10-13-8-6-5-7-9-13/h5-9,11,14-16H,10H2,1-4H3,(H2,21,25)(H,22,24)(H,23,26)/t11-,14-,16+/m1/s1. The van der Waals surface area contributed by atoms with E-state index in [1.807, 2.05) is 6.07 Å². The summed E-state index contributed by atoms with van der Waals surface area (Å²) in [5.74, 6) is -6.52. The Labute approximate surface area is 174 Å². The van der Waals surface area contributed by atoms with Crippen LogP contribution in [0.5, 0.6) is 0 Å². The van der Waals surface area contributed by atoms with Crippen LogP contribution in [0.1, 0.15) is 19.4 Å². The fourth-order valence-electron chi connectivity index (χ4n) is 2.99. The van der Waals surface area contributed by atoms with Crippen molar-refractivity contribution in [1.29, 1.82) is 0 Å². The van der Waals surface area contributed by atoms with E-state index < -0.39 is 53.6 Å². The van der Waals surface area contributed by atoms with E-state index in [0.717, 1.165) is 19.8 Å². The van der Waals surface area contributed by atoms with Gasteiger partial charge in [-0.3, -0.25) is 24.0 Å². The molecule has 0 aliphatic carbocycles. The number of hydrogen-bond donors (Lipinski definition) is 3. The van der Waals surface area contributed by atoms with Gasteiger partial charge in [-0.25, -0.2) is 0 Å². The van der Waals surface area contributed by atoms with E-state index in [1.165, 1.54) is 13.8 Å². The van der Waals surface area contributed by atoms with Crippen LogP contribution in [0.25, 0.3) is 0 Å². The molecule has 3 amide bonds. The highest BCUT2D eigenvalue weighted by Crippen LogP contribution is 2.20. The maximum atomic E-state index is 12.8. The van der Waals surface area contributed by atoms with Crippen LogP contribution in [-0.4, -0.2) is 56.0 Å². The molecule has 0 unspecified atom stereocenters. The van der Waals surface area contributed by atoms with Gasteiger partial charge in [0.05, 0.1) is 14.2 Å². The Hall–Kier alpha value is -3.43. The maximum Gasteiger partial charge on any atom is 0.320 e. The van der Waals surface area contributed by atoms with Crippen LogP contribution in [0.15, 0.2) is 30.3 Å². The molecule has 164 valence electrons. The molecular formula is C20H27N3O7. The van der Waals surface area contributed by atoms with E-state index in [0.29, 0.717) is 0 Å². The monoisotopic (exact) mass is 421 g/mol. The lowest BCUT2D eigenvalue weighted by Gasteiger charge is -2.28. The van der Waals surface area contributed by atoms with Gasteiger partial charge in [-0.2, -0.15) is 0 Å². The summed E-state index contributed by atoms with van der Waals surface area (Å²) < 4.78 is 9.22. The highest BCUT2D eigenvalue weighted by atomic mass is 16.5. The van der Waals surface area contributed by atoms with Gasteiger partial charge in [0.25, 0.3) is 0 Å². The van der Waals surface area contributed by atoms with Crippen molar-refractivity contribution < 1.29 is 33.4 Å². The molecule has 1 aromatic rings. The van der Waals surface area contributed by atoms with E-state index in [-0.39, 0.29) is 6.42 Å². The van der Waals surface area contributed by atoms with Crippen LogP contribution in [0, 0.1) is 11.8 Å². The summed E-state index contributed by atoms with van der Waals surface area (Å²) in [5, 5.41) is 4.96. The zero-order valence-corrected chi connectivity index (χ0v) is 17.3. The number of methoxy groups -OCH3 is 2. The molecule has 10 heteroatoms. The van der Waals surface area contributed by atoms with Gasteiger partial charge in [-0.15, -0.1) is 0 Å². The van der Waals surface area contributed by atoms with Gasteiger partial charge in [0.2, 0.25) is 17.7 Å². The third-order valence-electron chi connectivity index (χ3n) is 4.54. The third-order valence-corrected chi connectivity index (χ3v) is 4.54. The van der Waals surface area contributed by atoms with Crippen molar-refractivity contribution in [3.05, 3.63) is 35.9 Å². The van der Waals surface area contributed by atoms with Crippen molar-refractivity contribution in [3.8, 4) is 0 Å². The first kappa shape index (κ1) is 24.6. The van der Waals surface area contributed by atoms with Crippen molar-refractivity contribution in [2.24, 2.45) is 17.6 Å². The highest BCUT2D eigenvalue weighted by Gasteiger charge is 2.41. The molecule has 0 saturated carbocycles. The van der Waals surface area contributed by atoms with E-state index in [1.54, 1.807) is 24.3 Å². The molecule has 0 aliphatic heterocycles. The first-order valence-corrected chi connectivity index (χ1v) is 9.18. The van der Waals surface area contributed by atoms with Crippen LogP contribution >= 0.6 is 0 Å². The summed E-state index contributed by atoms with van der Waals surface area (Å²) in [6.07, 6.45) is 0.156. The van der Waals surface area contributed by atoms with Gasteiger partial charge in [0.1, 0.15) is 12.1 Å². The molecular weight excluding hydrogens is 394 g/mol. The number of carbonyl (C=O) groups excluding carboxylic acids is 5. The summed E-state index contributed by atoms with van der Waals surface area (Å²) in [6.45, 7) is 2.64. The summed E-state index contributed by atoms with van der Waals surface area (Å²) >= 11 is 0. The number of ether oxygens (including phenoxy) is 2. The molecule has 4 N–H and O–H groups in total. The van der Waals surface area contributed by atoms with Crippen LogP contribution in [0.3, 0.4) is 0 Å². The number of esters is 2. The van der Waals surface area contributed by atoms with E-state index in [4.69, 9.17) is 5.73 Å². The lowest BCUT2D eigenvalue weighted by Crippen LogP contribution is -2.57. The molecule has 0 fully saturated rings. The second-order valence-corrected chi connectivity index (χ2v) is 6.71. The molecule has 0 saturated heterocycles. The molecule has 0 radical (unpaired) electrons. The molecule has 0 aromatic heterocycles. The van der Waals surface area contributed by atoms with Crippen molar-refractivity contribution in [2.75, 3.05) is 14.2 Å². The first-order valence-electron chi connectivity index (χ1n) is 9.18. The Balaban J connectivity index is 3.11. The van der Waals surface area contributed by atoms with Crippen molar-refractivity contribution in [2.45, 2.75) is 32.4 Å². The lowest BCUT2D eigenvalue weighted by atomic mass is 9.86. The van der Waals surface area contributed by atoms with Gasteiger partial charge in [-0.1, -0.05) is 37.3 Å². The number of nitrogens with two attached hydrogens (primary N) is 1. The van der Waals surface area contributed by atoms with Gasteiger partial charge in [-0.05, 0) is 5.56 Å². The summed E-state index contributed by atoms with van der Waals surface area (Å²) in [7, 11) is 2.16. The molecule has 30 heavy (non-hydrogen) atoms. The van der Waals surface area contributed by atoms with Crippen LogP contribution in [-0.2, 0) is 39.9 Å². The van der Waals surface area contributed by atoms with Crippen LogP contribution in [0.4, 0.5) is 0 Å². The number of nitrogens with one attached hydrogen (secondary N) is 2. The second kappa shape index (κ2) is 11.5. The van der Waals surface area contributed by atoms with Gasteiger partial charge in [0, 0.05) is 19.3 Å². The third kappa shape index (κ3) is 6.87. The van der Waals surface area contributed by atoms with E-state index in [9.17, 15) is 24.0 Å². The molecule has 0 spiro atoms. The zero-order chi connectivity index (χ0) is 22.8. The number of benzene rings is 1. The fourth-order valence-corrected chi connectivity index (χ4v) is 2.99. The SMILES string of the molecule is COC(=O)C(C(=O)OC)[C@@H](C)[C@H](NC(=O)[C@@H](Cc1ccccc1)NC(C)=O)C(N)=O. The van der Waals surface area contributed by atoms with E-state index >= 15 is 0 Å². The van der Waals surface area contributed by atoms with Gasteiger partial charge >= 0.3 is 11.9 Å². The summed E-state index contributed by atoms with van der Waals surface area (Å²) in [5.41, 5.74) is 6.19. The second-order valence-electron chi connectivity index (χ2n) is 6.71. The molecule has 10 nitrogen and oxygen atoms in total. The van der Waals surface area contributed by atoms with Crippen molar-refractivity contribution in [1.82, 2.24) is 10.6 Å². The van der Waals surface area contributed by atoms with Crippen LogP contribution in [0.2, 0.25) is 0 Å². The van der Waals surface area contributed by atoms with Crippen LogP contribution < -0.4 is 16.4 Å². The molecule has 3 atom stereocenters. The van der Waals surface area contributed by atoms with Crippen molar-refractivity contribution in [3.63, 3.8) is 0 Å². The average molecular weight is 421 g/mol. The predicted molar refractivity (Wildman–Crippen MR) is 106 cm³/mol. The zero-order valence-electron chi connectivity index (χ0n) is 17.3. The largest absolute Gasteiger partial charge is 0.468 e. The first-order chi connectivity index (χ1) is 14.1. The maximum absolute atomic E-state index is 12.8. The Morgan fingerprint density at radius 1 is 0.967 bits per heavy atom. The number of hydrogen-bond acceptors (Lipinski definition) is 7. The number of amides is 3. The fraction of sp³-hybridized carbons (Fsp3) is 0.450. The number of primary amides is 1. The Morgan fingerprint density at radius 2 is 1.50 bits per heavy atom. The average Bonchev–Trinajstić information content (AvgIpc) is 2.71. The molecule has 0 aliphatic rings. The minimum atomic E-state index is -1.48. The summed E-state index contributed by atoms with van der Waals surface area (Å²) in [4.78, 5) is 60.5. The Morgan fingerprint density at radius 3 is 1.93 bits per heavy atom. The molecule has 0 bridgehead atoms. The van der Waals surface area contributed by atoms with Gasteiger partial charge in [0.15, 0.2) is 5.92 Å². The molecule has 0 heterocycles. The van der Waals surface area contributed by atoms with Gasteiger partial charge < -0.3 is 25.8 Å². The Kier molecular flexibility index (Phi) is 9.47. The quantitative estimate of drug-likeness (QED) is 0.333. The minimum Gasteiger partial charge on any atom is -0.468 e. The molecule has 1 rings (SSSR count). The van der Waals surface area contributed by atoms with E-state index in [2.05, 4.69) is 20.1 Å². The topological polar surface area (TPSA) is 154 Å². The van der Waals surface area contributed by atoms with Crippen molar-refractivity contribution >= 4 is 29.7 Å².